The first kappa shape index (κ1) is 12.3. The van der Waals surface area contributed by atoms with Gasteiger partial charge in [0.1, 0.15) is 0 Å². The third-order valence-electron chi connectivity index (χ3n) is 4.39. The zero-order valence-corrected chi connectivity index (χ0v) is 11.4. The van der Waals surface area contributed by atoms with Gasteiger partial charge in [0.2, 0.25) is 5.91 Å². The number of methoxy groups -OCH3 is 2. The summed E-state index contributed by atoms with van der Waals surface area (Å²) >= 11 is 0. The van der Waals surface area contributed by atoms with Crippen LogP contribution >= 0.6 is 0 Å². The third-order valence-corrected chi connectivity index (χ3v) is 4.39. The summed E-state index contributed by atoms with van der Waals surface area (Å²) in [6, 6.07) is 4.10. The Kier molecular flexibility index (Phi) is 3.09. The van der Waals surface area contributed by atoms with Gasteiger partial charge >= 0.3 is 0 Å². The lowest BCUT2D eigenvalue weighted by molar-refractivity contribution is -0.124. The Hall–Kier alpha value is -1.71. The van der Waals surface area contributed by atoms with Crippen LogP contribution in [0.25, 0.3) is 0 Å². The van der Waals surface area contributed by atoms with Crippen LogP contribution in [0.4, 0.5) is 0 Å². The van der Waals surface area contributed by atoms with E-state index >= 15 is 0 Å². The molecule has 1 N–H and O–H groups in total. The molecule has 1 fully saturated rings. The van der Waals surface area contributed by atoms with Gasteiger partial charge in [0, 0.05) is 24.4 Å². The molecule has 102 valence electrons. The maximum absolute atomic E-state index is 11.5. The van der Waals surface area contributed by atoms with Crippen molar-refractivity contribution in [3.05, 3.63) is 23.3 Å². The van der Waals surface area contributed by atoms with Crippen molar-refractivity contribution in [3.63, 3.8) is 0 Å². The van der Waals surface area contributed by atoms with Gasteiger partial charge in [-0.25, -0.2) is 0 Å². The Balaban J connectivity index is 2.02. The van der Waals surface area contributed by atoms with E-state index in [4.69, 9.17) is 9.47 Å². The standard InChI is InChI=1S/C15H19NO3/c1-18-13-6-5-10-11(15(13)19-2)4-3-9-7-14(17)16-8-12(9)10/h5-6,9,12H,3-4,7-8H2,1-2H3,(H,16,17)/t9-,12-/m1/s1. The second-order valence-electron chi connectivity index (χ2n) is 5.28. The lowest BCUT2D eigenvalue weighted by Crippen LogP contribution is -2.41. The van der Waals surface area contributed by atoms with Gasteiger partial charge in [-0.05, 0) is 30.4 Å². The molecule has 1 aromatic rings. The number of rotatable bonds is 2. The molecule has 1 amide bonds. The summed E-state index contributed by atoms with van der Waals surface area (Å²) in [5.41, 5.74) is 2.56. The molecule has 0 radical (unpaired) electrons. The molecule has 0 aromatic heterocycles. The molecule has 2 atom stereocenters. The zero-order valence-electron chi connectivity index (χ0n) is 11.4. The largest absolute Gasteiger partial charge is 0.493 e. The predicted octanol–water partition coefficient (Wildman–Crippen LogP) is 1.87. The Bertz CT molecular complexity index is 512. The lowest BCUT2D eigenvalue weighted by atomic mass is 9.71. The van der Waals surface area contributed by atoms with E-state index < -0.39 is 0 Å². The molecular formula is C15H19NO3. The van der Waals surface area contributed by atoms with Crippen LogP contribution in [0, 0.1) is 5.92 Å². The maximum atomic E-state index is 11.5. The molecule has 0 bridgehead atoms. The van der Waals surface area contributed by atoms with Crippen molar-refractivity contribution >= 4 is 5.91 Å². The fourth-order valence-electron chi connectivity index (χ4n) is 3.45. The van der Waals surface area contributed by atoms with E-state index in [2.05, 4.69) is 11.4 Å². The monoisotopic (exact) mass is 261 g/mol. The summed E-state index contributed by atoms with van der Waals surface area (Å²) in [6.45, 7) is 0.742. The van der Waals surface area contributed by atoms with E-state index in [9.17, 15) is 4.79 Å². The average molecular weight is 261 g/mol. The van der Waals surface area contributed by atoms with Crippen LogP contribution in [0.15, 0.2) is 12.1 Å². The topological polar surface area (TPSA) is 47.6 Å². The van der Waals surface area contributed by atoms with Crippen LogP contribution in [0.3, 0.4) is 0 Å². The van der Waals surface area contributed by atoms with Gasteiger partial charge < -0.3 is 14.8 Å². The van der Waals surface area contributed by atoms with Crippen LogP contribution in [-0.4, -0.2) is 26.7 Å². The number of hydrogen-bond donors (Lipinski definition) is 1. The highest BCUT2D eigenvalue weighted by Gasteiger charge is 2.36. The summed E-state index contributed by atoms with van der Waals surface area (Å²) < 4.78 is 10.9. The Morgan fingerprint density at radius 3 is 2.84 bits per heavy atom. The number of piperidine rings is 1. The average Bonchev–Trinajstić information content (AvgIpc) is 2.45. The molecule has 19 heavy (non-hydrogen) atoms. The van der Waals surface area contributed by atoms with Gasteiger partial charge in [-0.3, -0.25) is 4.79 Å². The van der Waals surface area contributed by atoms with E-state index in [0.29, 0.717) is 18.3 Å². The molecule has 0 spiro atoms. The maximum Gasteiger partial charge on any atom is 0.220 e. The number of nitrogens with one attached hydrogen (secondary N) is 1. The van der Waals surface area contributed by atoms with Gasteiger partial charge in [-0.1, -0.05) is 6.07 Å². The molecule has 1 aromatic carbocycles. The molecule has 0 saturated carbocycles. The van der Waals surface area contributed by atoms with Crippen molar-refractivity contribution in [1.29, 1.82) is 0 Å². The molecule has 1 heterocycles. The minimum Gasteiger partial charge on any atom is -0.493 e. The van der Waals surface area contributed by atoms with Gasteiger partial charge in [0.05, 0.1) is 14.2 Å². The van der Waals surface area contributed by atoms with E-state index in [1.54, 1.807) is 14.2 Å². The van der Waals surface area contributed by atoms with Crippen LogP contribution in [0.1, 0.15) is 29.9 Å². The highest BCUT2D eigenvalue weighted by atomic mass is 16.5. The van der Waals surface area contributed by atoms with Crippen LogP contribution in [-0.2, 0) is 11.2 Å². The first-order valence-corrected chi connectivity index (χ1v) is 6.75. The van der Waals surface area contributed by atoms with E-state index in [1.165, 1.54) is 11.1 Å². The molecule has 4 nitrogen and oxygen atoms in total. The van der Waals surface area contributed by atoms with E-state index in [-0.39, 0.29) is 5.91 Å². The molecule has 4 heteroatoms. The Morgan fingerprint density at radius 1 is 1.26 bits per heavy atom. The zero-order chi connectivity index (χ0) is 13.4. The number of amides is 1. The van der Waals surface area contributed by atoms with Gasteiger partial charge in [0.25, 0.3) is 0 Å². The number of carbonyl (C=O) groups is 1. The predicted molar refractivity (Wildman–Crippen MR) is 71.7 cm³/mol. The Morgan fingerprint density at radius 2 is 2.11 bits per heavy atom. The summed E-state index contributed by atoms with van der Waals surface area (Å²) in [4.78, 5) is 11.5. The third kappa shape index (κ3) is 1.95. The first-order valence-electron chi connectivity index (χ1n) is 6.75. The van der Waals surface area contributed by atoms with Crippen molar-refractivity contribution in [2.24, 2.45) is 5.92 Å². The summed E-state index contributed by atoms with van der Waals surface area (Å²) in [6.07, 6.45) is 2.66. The number of hydrogen-bond acceptors (Lipinski definition) is 3. The minimum atomic E-state index is 0.185. The van der Waals surface area contributed by atoms with Crippen molar-refractivity contribution in [2.75, 3.05) is 20.8 Å². The minimum absolute atomic E-state index is 0.185. The fourth-order valence-corrected chi connectivity index (χ4v) is 3.45. The highest BCUT2D eigenvalue weighted by molar-refractivity contribution is 5.77. The lowest BCUT2D eigenvalue weighted by Gasteiger charge is -2.37. The fraction of sp³-hybridized carbons (Fsp3) is 0.533. The van der Waals surface area contributed by atoms with Crippen LogP contribution < -0.4 is 14.8 Å². The molecule has 1 aliphatic carbocycles. The van der Waals surface area contributed by atoms with Crippen molar-refractivity contribution in [3.8, 4) is 11.5 Å². The van der Waals surface area contributed by atoms with E-state index in [1.807, 2.05) is 6.07 Å². The second kappa shape index (κ2) is 4.76. The number of ether oxygens (including phenoxy) is 2. The molecule has 0 unspecified atom stereocenters. The van der Waals surface area contributed by atoms with Gasteiger partial charge in [0.15, 0.2) is 11.5 Å². The smallest absolute Gasteiger partial charge is 0.220 e. The SMILES string of the molecule is COc1ccc2c(c1OC)CC[C@@H]1CC(=O)NC[C@@H]21. The molecular weight excluding hydrogens is 242 g/mol. The normalized spacial score (nSPS) is 25.1. The van der Waals surface area contributed by atoms with E-state index in [0.717, 1.165) is 30.9 Å². The molecule has 2 aliphatic rings. The van der Waals surface area contributed by atoms with Crippen LogP contribution in [0.2, 0.25) is 0 Å². The highest BCUT2D eigenvalue weighted by Crippen LogP contribution is 2.45. The quantitative estimate of drug-likeness (QED) is 0.884. The van der Waals surface area contributed by atoms with Gasteiger partial charge in [-0.2, -0.15) is 0 Å². The molecule has 1 saturated heterocycles. The molecule has 3 rings (SSSR count). The number of benzene rings is 1. The van der Waals surface area contributed by atoms with Gasteiger partial charge in [-0.15, -0.1) is 0 Å². The van der Waals surface area contributed by atoms with Crippen molar-refractivity contribution in [2.45, 2.75) is 25.2 Å². The summed E-state index contributed by atoms with van der Waals surface area (Å²) in [5.74, 6) is 2.72. The van der Waals surface area contributed by atoms with Crippen molar-refractivity contribution in [1.82, 2.24) is 5.32 Å². The summed E-state index contributed by atoms with van der Waals surface area (Å²) in [5, 5.41) is 2.98. The Labute approximate surface area is 113 Å². The molecule has 1 aliphatic heterocycles. The van der Waals surface area contributed by atoms with Crippen molar-refractivity contribution < 1.29 is 14.3 Å². The summed E-state index contributed by atoms with van der Waals surface area (Å²) in [7, 11) is 3.35. The number of fused-ring (bicyclic) bond motifs is 3. The first-order chi connectivity index (χ1) is 9.24. The van der Waals surface area contributed by atoms with Crippen LogP contribution in [0.5, 0.6) is 11.5 Å². The number of carbonyl (C=O) groups excluding carboxylic acids is 1. The second-order valence-corrected chi connectivity index (χ2v) is 5.28.